The number of carbonyl (C=O) groups excluding carboxylic acids is 1. The van der Waals surface area contributed by atoms with Crippen molar-refractivity contribution in [2.45, 2.75) is 13.8 Å². The SMILES string of the molecule is CCN(CC)CCNC(=O)c1ccc(-c2ccccc2)cc1. The van der Waals surface area contributed by atoms with Gasteiger partial charge < -0.3 is 10.2 Å². The fourth-order valence-corrected chi connectivity index (χ4v) is 2.41. The minimum Gasteiger partial charge on any atom is -0.351 e. The number of amides is 1. The van der Waals surface area contributed by atoms with E-state index in [0.717, 1.165) is 30.8 Å². The van der Waals surface area contributed by atoms with Crippen molar-refractivity contribution in [2.75, 3.05) is 26.2 Å². The quantitative estimate of drug-likeness (QED) is 0.849. The van der Waals surface area contributed by atoms with Gasteiger partial charge in [0.1, 0.15) is 0 Å². The molecule has 0 saturated heterocycles. The lowest BCUT2D eigenvalue weighted by molar-refractivity contribution is 0.0949. The molecule has 0 atom stereocenters. The molecule has 3 heteroatoms. The summed E-state index contributed by atoms with van der Waals surface area (Å²) in [5, 5.41) is 2.98. The molecule has 0 unspecified atom stereocenters. The molecule has 0 aliphatic carbocycles. The van der Waals surface area contributed by atoms with E-state index in [4.69, 9.17) is 0 Å². The molecule has 2 rings (SSSR count). The highest BCUT2D eigenvalue weighted by Crippen LogP contribution is 2.19. The van der Waals surface area contributed by atoms with E-state index in [1.54, 1.807) is 0 Å². The fraction of sp³-hybridized carbons (Fsp3) is 0.316. The van der Waals surface area contributed by atoms with Crippen LogP contribution < -0.4 is 5.32 Å². The third kappa shape index (κ3) is 4.43. The Morgan fingerprint density at radius 1 is 0.909 bits per heavy atom. The average molecular weight is 296 g/mol. The number of hydrogen-bond donors (Lipinski definition) is 1. The van der Waals surface area contributed by atoms with E-state index < -0.39 is 0 Å². The van der Waals surface area contributed by atoms with Crippen LogP contribution >= 0.6 is 0 Å². The first-order valence-corrected chi connectivity index (χ1v) is 7.90. The zero-order chi connectivity index (χ0) is 15.8. The lowest BCUT2D eigenvalue weighted by atomic mass is 10.0. The summed E-state index contributed by atoms with van der Waals surface area (Å²) in [6, 6.07) is 17.9. The van der Waals surface area contributed by atoms with Crippen LogP contribution in [-0.4, -0.2) is 37.0 Å². The van der Waals surface area contributed by atoms with Crippen molar-refractivity contribution in [3.63, 3.8) is 0 Å². The maximum atomic E-state index is 12.1. The average Bonchev–Trinajstić information content (AvgIpc) is 2.59. The van der Waals surface area contributed by atoms with Gasteiger partial charge in [-0.1, -0.05) is 56.3 Å². The number of likely N-dealkylation sites (N-methyl/N-ethyl adjacent to an activating group) is 1. The number of nitrogens with zero attached hydrogens (tertiary/aromatic N) is 1. The van der Waals surface area contributed by atoms with E-state index in [1.165, 1.54) is 0 Å². The van der Waals surface area contributed by atoms with Gasteiger partial charge in [-0.25, -0.2) is 0 Å². The monoisotopic (exact) mass is 296 g/mol. The van der Waals surface area contributed by atoms with Gasteiger partial charge in [-0.15, -0.1) is 0 Å². The maximum Gasteiger partial charge on any atom is 0.251 e. The zero-order valence-corrected chi connectivity index (χ0v) is 13.4. The molecule has 3 nitrogen and oxygen atoms in total. The fourth-order valence-electron chi connectivity index (χ4n) is 2.41. The van der Waals surface area contributed by atoms with E-state index in [0.29, 0.717) is 12.1 Å². The Balaban J connectivity index is 1.91. The van der Waals surface area contributed by atoms with Crippen molar-refractivity contribution in [2.24, 2.45) is 0 Å². The molecule has 1 amide bonds. The third-order valence-corrected chi connectivity index (χ3v) is 3.86. The third-order valence-electron chi connectivity index (χ3n) is 3.86. The van der Waals surface area contributed by atoms with Gasteiger partial charge in [0, 0.05) is 18.7 Å². The molecule has 2 aromatic carbocycles. The summed E-state index contributed by atoms with van der Waals surface area (Å²) in [5.74, 6) is -0.00762. The Morgan fingerprint density at radius 3 is 2.09 bits per heavy atom. The molecule has 0 fully saturated rings. The molecule has 116 valence electrons. The molecular formula is C19H24N2O. The maximum absolute atomic E-state index is 12.1. The molecular weight excluding hydrogens is 272 g/mol. The van der Waals surface area contributed by atoms with E-state index in [1.807, 2.05) is 42.5 Å². The number of nitrogens with one attached hydrogen (secondary N) is 1. The highest BCUT2D eigenvalue weighted by molar-refractivity contribution is 5.94. The van der Waals surface area contributed by atoms with Gasteiger partial charge in [-0.05, 0) is 36.3 Å². The standard InChI is InChI=1S/C19H24N2O/c1-3-21(4-2)15-14-20-19(22)18-12-10-17(11-13-18)16-8-6-5-7-9-16/h5-13H,3-4,14-15H2,1-2H3,(H,20,22). The van der Waals surface area contributed by atoms with Crippen LogP contribution in [0.3, 0.4) is 0 Å². The predicted molar refractivity (Wildman–Crippen MR) is 92.0 cm³/mol. The van der Waals surface area contributed by atoms with E-state index >= 15 is 0 Å². The summed E-state index contributed by atoms with van der Waals surface area (Å²) in [7, 11) is 0. The first-order valence-electron chi connectivity index (χ1n) is 7.90. The molecule has 0 aliphatic heterocycles. The zero-order valence-electron chi connectivity index (χ0n) is 13.4. The minimum absolute atomic E-state index is 0.00762. The second-order valence-corrected chi connectivity index (χ2v) is 5.23. The highest BCUT2D eigenvalue weighted by atomic mass is 16.1. The van der Waals surface area contributed by atoms with Crippen LogP contribution in [0.25, 0.3) is 11.1 Å². The minimum atomic E-state index is -0.00762. The van der Waals surface area contributed by atoms with Crippen molar-refractivity contribution in [1.82, 2.24) is 10.2 Å². The first kappa shape index (κ1) is 16.2. The Bertz CT molecular complexity index is 574. The van der Waals surface area contributed by atoms with Crippen molar-refractivity contribution in [1.29, 1.82) is 0 Å². The summed E-state index contributed by atoms with van der Waals surface area (Å²) in [6.07, 6.45) is 0. The largest absolute Gasteiger partial charge is 0.351 e. The molecule has 22 heavy (non-hydrogen) atoms. The normalized spacial score (nSPS) is 10.7. The van der Waals surface area contributed by atoms with E-state index in [9.17, 15) is 4.79 Å². The van der Waals surface area contributed by atoms with Gasteiger partial charge in [-0.2, -0.15) is 0 Å². The van der Waals surface area contributed by atoms with Gasteiger partial charge in [0.25, 0.3) is 5.91 Å². The van der Waals surface area contributed by atoms with Crippen molar-refractivity contribution in [3.05, 3.63) is 60.2 Å². The Hall–Kier alpha value is -2.13. The molecule has 0 aromatic heterocycles. The smallest absolute Gasteiger partial charge is 0.251 e. The Kier molecular flexibility index (Phi) is 6.16. The van der Waals surface area contributed by atoms with Crippen LogP contribution in [0.1, 0.15) is 24.2 Å². The molecule has 0 bridgehead atoms. The van der Waals surface area contributed by atoms with Crippen LogP contribution in [0.2, 0.25) is 0 Å². The summed E-state index contributed by atoms with van der Waals surface area (Å²) < 4.78 is 0. The Morgan fingerprint density at radius 2 is 1.50 bits per heavy atom. The molecule has 0 spiro atoms. The second kappa shape index (κ2) is 8.35. The van der Waals surface area contributed by atoms with Crippen LogP contribution in [-0.2, 0) is 0 Å². The molecule has 0 saturated carbocycles. The van der Waals surface area contributed by atoms with Crippen LogP contribution in [0.5, 0.6) is 0 Å². The number of carbonyl (C=O) groups is 1. The number of hydrogen-bond acceptors (Lipinski definition) is 2. The predicted octanol–water partition coefficient (Wildman–Crippen LogP) is 3.43. The summed E-state index contributed by atoms with van der Waals surface area (Å²) in [5.41, 5.74) is 3.00. The topological polar surface area (TPSA) is 32.3 Å². The number of rotatable bonds is 7. The van der Waals surface area contributed by atoms with Crippen molar-refractivity contribution < 1.29 is 4.79 Å². The molecule has 0 radical (unpaired) electrons. The van der Waals surface area contributed by atoms with Gasteiger partial charge >= 0.3 is 0 Å². The van der Waals surface area contributed by atoms with E-state index in [2.05, 4.69) is 36.2 Å². The molecule has 0 aliphatic rings. The van der Waals surface area contributed by atoms with Crippen molar-refractivity contribution in [3.8, 4) is 11.1 Å². The molecule has 2 aromatic rings. The van der Waals surface area contributed by atoms with Crippen LogP contribution in [0.15, 0.2) is 54.6 Å². The summed E-state index contributed by atoms with van der Waals surface area (Å²) >= 11 is 0. The summed E-state index contributed by atoms with van der Waals surface area (Å²) in [6.45, 7) is 7.86. The van der Waals surface area contributed by atoms with Gasteiger partial charge in [0.15, 0.2) is 0 Å². The van der Waals surface area contributed by atoms with E-state index in [-0.39, 0.29) is 5.91 Å². The molecule has 0 heterocycles. The first-order chi connectivity index (χ1) is 10.7. The van der Waals surface area contributed by atoms with Gasteiger partial charge in [0.05, 0.1) is 0 Å². The Labute approximate surface area is 133 Å². The second-order valence-electron chi connectivity index (χ2n) is 5.23. The van der Waals surface area contributed by atoms with Crippen molar-refractivity contribution >= 4 is 5.91 Å². The van der Waals surface area contributed by atoms with Crippen LogP contribution in [0, 0.1) is 0 Å². The summed E-state index contributed by atoms with van der Waals surface area (Å²) in [4.78, 5) is 14.4. The van der Waals surface area contributed by atoms with Gasteiger partial charge in [-0.3, -0.25) is 4.79 Å². The lowest BCUT2D eigenvalue weighted by Crippen LogP contribution is -2.34. The van der Waals surface area contributed by atoms with Crippen LogP contribution in [0.4, 0.5) is 0 Å². The highest BCUT2D eigenvalue weighted by Gasteiger charge is 2.06. The van der Waals surface area contributed by atoms with Gasteiger partial charge in [0.2, 0.25) is 0 Å². The number of benzene rings is 2. The molecule has 1 N–H and O–H groups in total. The lowest BCUT2D eigenvalue weighted by Gasteiger charge is -2.17.